The fourth-order valence-electron chi connectivity index (χ4n) is 1.28. The van der Waals surface area contributed by atoms with Crippen LogP contribution in [0.25, 0.3) is 6.08 Å². The van der Waals surface area contributed by atoms with E-state index in [1.807, 2.05) is 32.0 Å². The summed E-state index contributed by atoms with van der Waals surface area (Å²) in [5.41, 5.74) is 9.70. The molecule has 66 valence electrons. The molecule has 0 heterocycles. The van der Waals surface area contributed by atoms with Gasteiger partial charge >= 0.3 is 0 Å². The average molecular weight is 172 g/mol. The van der Waals surface area contributed by atoms with Gasteiger partial charge in [-0.15, -0.1) is 0 Å². The van der Waals surface area contributed by atoms with Crippen molar-refractivity contribution in [3.63, 3.8) is 0 Å². The van der Waals surface area contributed by atoms with Crippen molar-refractivity contribution >= 4 is 11.8 Å². The van der Waals surface area contributed by atoms with Gasteiger partial charge in [0.1, 0.15) is 0 Å². The highest BCUT2D eigenvalue weighted by Crippen LogP contribution is 2.20. The molecule has 1 aromatic carbocycles. The number of hydrogen-bond donors (Lipinski definition) is 1. The van der Waals surface area contributed by atoms with Crippen molar-refractivity contribution in [1.82, 2.24) is 0 Å². The Morgan fingerprint density at radius 1 is 1.38 bits per heavy atom. The molecule has 0 saturated carbocycles. The van der Waals surface area contributed by atoms with Gasteiger partial charge in [-0.25, -0.2) is 0 Å². The number of nitriles is 1. The molecule has 1 aromatic rings. The lowest BCUT2D eigenvalue weighted by Gasteiger charge is -2.05. The van der Waals surface area contributed by atoms with Crippen molar-refractivity contribution in [3.8, 4) is 6.07 Å². The minimum Gasteiger partial charge on any atom is -0.398 e. The zero-order valence-electron chi connectivity index (χ0n) is 7.83. The normalized spacial score (nSPS) is 10.2. The lowest BCUT2D eigenvalue weighted by Crippen LogP contribution is -1.94. The average Bonchev–Trinajstić information content (AvgIpc) is 2.09. The van der Waals surface area contributed by atoms with Crippen molar-refractivity contribution < 1.29 is 0 Å². The molecular weight excluding hydrogens is 160 g/mol. The lowest BCUT2D eigenvalue weighted by atomic mass is 10.0. The molecule has 0 saturated heterocycles. The van der Waals surface area contributed by atoms with E-state index in [2.05, 4.69) is 0 Å². The van der Waals surface area contributed by atoms with Gasteiger partial charge in [-0.3, -0.25) is 0 Å². The molecule has 1 rings (SSSR count). The summed E-state index contributed by atoms with van der Waals surface area (Å²) < 4.78 is 0. The van der Waals surface area contributed by atoms with E-state index >= 15 is 0 Å². The van der Waals surface area contributed by atoms with Crippen molar-refractivity contribution in [2.24, 2.45) is 0 Å². The number of benzene rings is 1. The molecule has 0 aliphatic heterocycles. The Balaban J connectivity index is 3.22. The summed E-state index contributed by atoms with van der Waals surface area (Å²) >= 11 is 0. The van der Waals surface area contributed by atoms with Crippen LogP contribution in [0.3, 0.4) is 0 Å². The number of nitrogens with two attached hydrogens (primary N) is 1. The largest absolute Gasteiger partial charge is 0.398 e. The number of nitrogens with zero attached hydrogens (tertiary/aromatic N) is 1. The summed E-state index contributed by atoms with van der Waals surface area (Å²) in [6.07, 6.45) is 3.17. The fraction of sp³-hybridized carbons (Fsp3) is 0.182. The lowest BCUT2D eigenvalue weighted by molar-refractivity contribution is 1.38. The maximum atomic E-state index is 8.38. The molecule has 0 unspecified atom stereocenters. The number of allylic oxidation sites excluding steroid dienone is 1. The Hall–Kier alpha value is -1.75. The maximum absolute atomic E-state index is 8.38. The Bertz CT molecular complexity index is 384. The molecule has 0 atom stereocenters. The van der Waals surface area contributed by atoms with Crippen LogP contribution in [0.4, 0.5) is 5.69 Å². The van der Waals surface area contributed by atoms with Crippen LogP contribution >= 0.6 is 0 Å². The predicted molar refractivity (Wildman–Crippen MR) is 55.0 cm³/mol. The zero-order valence-corrected chi connectivity index (χ0v) is 7.83. The summed E-state index contributed by atoms with van der Waals surface area (Å²) in [5.74, 6) is 0. The van der Waals surface area contributed by atoms with E-state index < -0.39 is 0 Å². The summed E-state index contributed by atoms with van der Waals surface area (Å²) in [6.45, 7) is 3.97. The van der Waals surface area contributed by atoms with Gasteiger partial charge in [-0.05, 0) is 37.1 Å². The first-order chi connectivity index (χ1) is 6.15. The number of hydrogen-bond acceptors (Lipinski definition) is 2. The van der Waals surface area contributed by atoms with Crippen LogP contribution in [0, 0.1) is 25.2 Å². The molecule has 2 N–H and O–H groups in total. The van der Waals surface area contributed by atoms with Crippen molar-refractivity contribution in [1.29, 1.82) is 5.26 Å². The maximum Gasteiger partial charge on any atom is 0.0912 e. The van der Waals surface area contributed by atoms with Crippen LogP contribution in [-0.2, 0) is 0 Å². The van der Waals surface area contributed by atoms with Gasteiger partial charge in [0.25, 0.3) is 0 Å². The van der Waals surface area contributed by atoms with E-state index in [4.69, 9.17) is 11.0 Å². The second kappa shape index (κ2) is 3.77. The van der Waals surface area contributed by atoms with E-state index in [0.29, 0.717) is 0 Å². The monoisotopic (exact) mass is 172 g/mol. The van der Waals surface area contributed by atoms with Gasteiger partial charge in [-0.1, -0.05) is 11.6 Å². The Morgan fingerprint density at radius 2 is 2.08 bits per heavy atom. The zero-order chi connectivity index (χ0) is 9.84. The number of anilines is 1. The van der Waals surface area contributed by atoms with Crippen molar-refractivity contribution in [3.05, 3.63) is 34.9 Å². The molecule has 0 aliphatic carbocycles. The topological polar surface area (TPSA) is 49.8 Å². The Labute approximate surface area is 78.3 Å². The molecule has 0 amide bonds. The standard InChI is InChI=1S/C11H12N2/c1-8-6-9(2)11(13)10(7-8)4-3-5-12/h3-4,6-7H,13H2,1-2H3. The molecule has 0 fully saturated rings. The quantitative estimate of drug-likeness (QED) is 0.522. The Morgan fingerprint density at radius 3 is 2.69 bits per heavy atom. The van der Waals surface area contributed by atoms with Crippen molar-refractivity contribution in [2.75, 3.05) is 5.73 Å². The Kier molecular flexibility index (Phi) is 2.71. The number of rotatable bonds is 1. The summed E-state index contributed by atoms with van der Waals surface area (Å²) in [5, 5.41) is 8.38. The van der Waals surface area contributed by atoms with E-state index in [1.165, 1.54) is 6.08 Å². The second-order valence-electron chi connectivity index (χ2n) is 3.05. The molecule has 0 spiro atoms. The first-order valence-corrected chi connectivity index (χ1v) is 4.08. The molecule has 2 nitrogen and oxygen atoms in total. The van der Waals surface area contributed by atoms with E-state index in [-0.39, 0.29) is 0 Å². The molecule has 2 heteroatoms. The second-order valence-corrected chi connectivity index (χ2v) is 3.05. The third-order valence-electron chi connectivity index (χ3n) is 1.90. The highest BCUT2D eigenvalue weighted by molar-refractivity contribution is 5.69. The van der Waals surface area contributed by atoms with Crippen LogP contribution in [-0.4, -0.2) is 0 Å². The van der Waals surface area contributed by atoms with Crippen LogP contribution in [0.2, 0.25) is 0 Å². The van der Waals surface area contributed by atoms with Gasteiger partial charge in [0.05, 0.1) is 6.07 Å². The number of nitrogen functional groups attached to an aromatic ring is 1. The van der Waals surface area contributed by atoms with Gasteiger partial charge in [-0.2, -0.15) is 5.26 Å². The third kappa shape index (κ3) is 2.09. The molecule has 13 heavy (non-hydrogen) atoms. The SMILES string of the molecule is Cc1cc(C)c(N)c(C=CC#N)c1. The van der Waals surface area contributed by atoms with Crippen LogP contribution < -0.4 is 5.73 Å². The van der Waals surface area contributed by atoms with Crippen LogP contribution in [0.1, 0.15) is 16.7 Å². The highest BCUT2D eigenvalue weighted by Gasteiger charge is 1.99. The summed E-state index contributed by atoms with van der Waals surface area (Å²) in [7, 11) is 0. The summed E-state index contributed by atoms with van der Waals surface area (Å²) in [6, 6.07) is 5.94. The minimum atomic E-state index is 0.747. The fourth-order valence-corrected chi connectivity index (χ4v) is 1.28. The van der Waals surface area contributed by atoms with Gasteiger partial charge in [0.2, 0.25) is 0 Å². The van der Waals surface area contributed by atoms with Gasteiger partial charge in [0, 0.05) is 11.8 Å². The van der Waals surface area contributed by atoms with E-state index in [9.17, 15) is 0 Å². The first kappa shape index (κ1) is 9.34. The predicted octanol–water partition coefficient (Wildman–Crippen LogP) is 2.42. The molecule has 0 radical (unpaired) electrons. The van der Waals surface area contributed by atoms with Gasteiger partial charge in [0.15, 0.2) is 0 Å². The molecule has 0 aliphatic rings. The summed E-state index contributed by atoms with van der Waals surface area (Å²) in [4.78, 5) is 0. The third-order valence-corrected chi connectivity index (χ3v) is 1.90. The first-order valence-electron chi connectivity index (χ1n) is 4.08. The van der Waals surface area contributed by atoms with Crippen LogP contribution in [0.15, 0.2) is 18.2 Å². The minimum absolute atomic E-state index is 0.747. The van der Waals surface area contributed by atoms with Crippen molar-refractivity contribution in [2.45, 2.75) is 13.8 Å². The number of aryl methyl sites for hydroxylation is 2. The smallest absolute Gasteiger partial charge is 0.0912 e. The highest BCUT2D eigenvalue weighted by atomic mass is 14.6. The van der Waals surface area contributed by atoms with Crippen LogP contribution in [0.5, 0.6) is 0 Å². The molecule has 0 bridgehead atoms. The van der Waals surface area contributed by atoms with E-state index in [0.717, 1.165) is 22.4 Å². The molecular formula is C11H12N2. The molecule has 0 aromatic heterocycles. The van der Waals surface area contributed by atoms with Gasteiger partial charge < -0.3 is 5.73 Å². The van der Waals surface area contributed by atoms with E-state index in [1.54, 1.807) is 6.08 Å².